The SMILES string of the molecule is CCn1nnc2cc(C(=O)NC(C)C(=O)OC)ccc21. The van der Waals surface area contributed by atoms with Crippen molar-refractivity contribution in [1.29, 1.82) is 0 Å². The Morgan fingerprint density at radius 1 is 1.45 bits per heavy atom. The van der Waals surface area contributed by atoms with Gasteiger partial charge >= 0.3 is 5.97 Å². The highest BCUT2D eigenvalue weighted by molar-refractivity contribution is 5.99. The molecular weight excluding hydrogens is 260 g/mol. The number of benzene rings is 1. The smallest absolute Gasteiger partial charge is 0.328 e. The lowest BCUT2D eigenvalue weighted by Gasteiger charge is -2.11. The Bertz CT molecular complexity index is 650. The van der Waals surface area contributed by atoms with Crippen LogP contribution in [0.5, 0.6) is 0 Å². The van der Waals surface area contributed by atoms with Crippen LogP contribution in [-0.4, -0.2) is 40.0 Å². The van der Waals surface area contributed by atoms with Crippen LogP contribution in [-0.2, 0) is 16.1 Å². The summed E-state index contributed by atoms with van der Waals surface area (Å²) in [5, 5.41) is 10.5. The van der Waals surface area contributed by atoms with Crippen molar-refractivity contribution < 1.29 is 14.3 Å². The van der Waals surface area contributed by atoms with Crippen LogP contribution in [0.1, 0.15) is 24.2 Å². The number of methoxy groups -OCH3 is 1. The minimum atomic E-state index is -0.700. The van der Waals surface area contributed by atoms with Crippen molar-refractivity contribution in [3.63, 3.8) is 0 Å². The van der Waals surface area contributed by atoms with E-state index in [1.807, 2.05) is 6.92 Å². The van der Waals surface area contributed by atoms with Crippen molar-refractivity contribution in [2.75, 3.05) is 7.11 Å². The maximum atomic E-state index is 12.0. The van der Waals surface area contributed by atoms with E-state index < -0.39 is 12.0 Å². The molecule has 0 aliphatic carbocycles. The van der Waals surface area contributed by atoms with Crippen molar-refractivity contribution in [1.82, 2.24) is 20.3 Å². The lowest BCUT2D eigenvalue weighted by molar-refractivity contribution is -0.142. The first-order valence-corrected chi connectivity index (χ1v) is 6.28. The minimum Gasteiger partial charge on any atom is -0.467 e. The standard InChI is InChI=1S/C13H16N4O3/c1-4-17-11-6-5-9(7-10(11)15-16-17)12(18)14-8(2)13(19)20-3/h5-8H,4H2,1-3H3,(H,14,18). The molecule has 1 amide bonds. The summed E-state index contributed by atoms with van der Waals surface area (Å²) in [7, 11) is 1.28. The summed E-state index contributed by atoms with van der Waals surface area (Å²) >= 11 is 0. The van der Waals surface area contributed by atoms with Gasteiger partial charge in [0.25, 0.3) is 5.91 Å². The van der Waals surface area contributed by atoms with Gasteiger partial charge in [0.1, 0.15) is 11.6 Å². The Kier molecular flexibility index (Phi) is 3.97. The Balaban J connectivity index is 2.20. The third kappa shape index (κ3) is 2.61. The molecule has 106 valence electrons. The third-order valence-electron chi connectivity index (χ3n) is 2.98. The normalized spacial score (nSPS) is 12.2. The lowest BCUT2D eigenvalue weighted by atomic mass is 10.1. The molecule has 1 aromatic carbocycles. The molecule has 0 aliphatic rings. The Morgan fingerprint density at radius 2 is 2.20 bits per heavy atom. The molecule has 0 bridgehead atoms. The maximum Gasteiger partial charge on any atom is 0.328 e. The van der Waals surface area contributed by atoms with Crippen LogP contribution in [0.3, 0.4) is 0 Å². The number of carbonyl (C=O) groups excluding carboxylic acids is 2. The average molecular weight is 276 g/mol. The number of hydrogen-bond donors (Lipinski definition) is 1. The van der Waals surface area contributed by atoms with E-state index in [4.69, 9.17) is 0 Å². The molecule has 0 saturated heterocycles. The second-order valence-corrected chi connectivity index (χ2v) is 4.33. The molecule has 0 saturated carbocycles. The molecule has 0 radical (unpaired) electrons. The average Bonchev–Trinajstić information content (AvgIpc) is 2.88. The summed E-state index contributed by atoms with van der Waals surface area (Å²) in [5.41, 5.74) is 1.94. The molecule has 1 aromatic heterocycles. The Hall–Kier alpha value is -2.44. The topological polar surface area (TPSA) is 86.1 Å². The van der Waals surface area contributed by atoms with E-state index in [0.29, 0.717) is 17.6 Å². The van der Waals surface area contributed by atoms with E-state index in [1.54, 1.807) is 29.8 Å². The van der Waals surface area contributed by atoms with Crippen LogP contribution in [0.25, 0.3) is 11.0 Å². The van der Waals surface area contributed by atoms with E-state index in [2.05, 4.69) is 20.4 Å². The number of rotatable bonds is 4. The van der Waals surface area contributed by atoms with Gasteiger partial charge in [-0.3, -0.25) is 4.79 Å². The zero-order valence-electron chi connectivity index (χ0n) is 11.6. The summed E-state index contributed by atoms with van der Waals surface area (Å²) in [6, 6.07) is 4.41. The molecule has 1 atom stereocenters. The van der Waals surface area contributed by atoms with Crippen molar-refractivity contribution in [3.05, 3.63) is 23.8 Å². The highest BCUT2D eigenvalue weighted by Crippen LogP contribution is 2.13. The molecule has 7 heteroatoms. The zero-order valence-corrected chi connectivity index (χ0v) is 11.6. The molecular formula is C13H16N4O3. The number of fused-ring (bicyclic) bond motifs is 1. The van der Waals surface area contributed by atoms with Crippen molar-refractivity contribution in [2.24, 2.45) is 0 Å². The van der Waals surface area contributed by atoms with Crippen molar-refractivity contribution in [2.45, 2.75) is 26.4 Å². The number of carbonyl (C=O) groups is 2. The first-order chi connectivity index (χ1) is 9.56. The maximum absolute atomic E-state index is 12.0. The number of nitrogens with zero attached hydrogens (tertiary/aromatic N) is 3. The summed E-state index contributed by atoms with van der Waals surface area (Å²) < 4.78 is 6.30. The number of hydrogen-bond acceptors (Lipinski definition) is 5. The van der Waals surface area contributed by atoms with Gasteiger partial charge < -0.3 is 10.1 Å². The highest BCUT2D eigenvalue weighted by Gasteiger charge is 2.17. The van der Waals surface area contributed by atoms with Gasteiger partial charge in [0.05, 0.1) is 12.6 Å². The second kappa shape index (κ2) is 5.68. The van der Waals surface area contributed by atoms with Crippen LogP contribution >= 0.6 is 0 Å². The Morgan fingerprint density at radius 3 is 2.85 bits per heavy atom. The Labute approximate surface area is 115 Å². The number of aromatic nitrogens is 3. The first-order valence-electron chi connectivity index (χ1n) is 6.28. The van der Waals surface area contributed by atoms with Gasteiger partial charge in [-0.15, -0.1) is 5.10 Å². The number of nitrogens with one attached hydrogen (secondary N) is 1. The third-order valence-corrected chi connectivity index (χ3v) is 2.98. The predicted molar refractivity (Wildman–Crippen MR) is 72.1 cm³/mol. The summed E-state index contributed by atoms with van der Waals surface area (Å²) in [5.74, 6) is -0.841. The summed E-state index contributed by atoms with van der Waals surface area (Å²) in [6.07, 6.45) is 0. The van der Waals surface area contributed by atoms with Crippen LogP contribution < -0.4 is 5.32 Å². The van der Waals surface area contributed by atoms with Gasteiger partial charge in [-0.1, -0.05) is 5.21 Å². The monoisotopic (exact) mass is 276 g/mol. The lowest BCUT2D eigenvalue weighted by Crippen LogP contribution is -2.39. The molecule has 7 nitrogen and oxygen atoms in total. The van der Waals surface area contributed by atoms with E-state index in [1.165, 1.54) is 7.11 Å². The van der Waals surface area contributed by atoms with E-state index in [9.17, 15) is 9.59 Å². The molecule has 2 rings (SSSR count). The largest absolute Gasteiger partial charge is 0.467 e. The molecule has 0 spiro atoms. The van der Waals surface area contributed by atoms with Gasteiger partial charge in [-0.25, -0.2) is 9.48 Å². The predicted octanol–water partition coefficient (Wildman–Crippen LogP) is 0.742. The summed E-state index contributed by atoms with van der Waals surface area (Å²) in [6.45, 7) is 4.24. The van der Waals surface area contributed by atoms with Gasteiger partial charge in [0.15, 0.2) is 0 Å². The quantitative estimate of drug-likeness (QED) is 0.832. The van der Waals surface area contributed by atoms with Crippen molar-refractivity contribution in [3.8, 4) is 0 Å². The molecule has 0 aliphatic heterocycles. The van der Waals surface area contributed by atoms with E-state index >= 15 is 0 Å². The number of ether oxygens (including phenoxy) is 1. The number of amides is 1. The fraction of sp³-hybridized carbons (Fsp3) is 0.385. The van der Waals surface area contributed by atoms with Crippen LogP contribution in [0, 0.1) is 0 Å². The zero-order chi connectivity index (χ0) is 14.7. The van der Waals surface area contributed by atoms with E-state index in [0.717, 1.165) is 5.52 Å². The molecule has 2 aromatic rings. The van der Waals surface area contributed by atoms with E-state index in [-0.39, 0.29) is 5.91 Å². The number of esters is 1. The molecule has 1 heterocycles. The van der Waals surface area contributed by atoms with Crippen LogP contribution in [0.15, 0.2) is 18.2 Å². The molecule has 20 heavy (non-hydrogen) atoms. The fourth-order valence-corrected chi connectivity index (χ4v) is 1.86. The van der Waals surface area contributed by atoms with Gasteiger partial charge in [-0.2, -0.15) is 0 Å². The van der Waals surface area contributed by atoms with Crippen molar-refractivity contribution >= 4 is 22.9 Å². The van der Waals surface area contributed by atoms with Gasteiger partial charge in [-0.05, 0) is 32.0 Å². The fourth-order valence-electron chi connectivity index (χ4n) is 1.86. The minimum absolute atomic E-state index is 0.351. The molecule has 1 N–H and O–H groups in total. The number of aryl methyl sites for hydroxylation is 1. The van der Waals surface area contributed by atoms with Crippen LogP contribution in [0.2, 0.25) is 0 Å². The summed E-state index contributed by atoms with van der Waals surface area (Å²) in [4.78, 5) is 23.3. The molecule has 1 unspecified atom stereocenters. The van der Waals surface area contributed by atoms with Gasteiger partial charge in [0, 0.05) is 12.1 Å². The van der Waals surface area contributed by atoms with Gasteiger partial charge in [0.2, 0.25) is 0 Å². The first kappa shape index (κ1) is 14.0. The van der Waals surface area contributed by atoms with Crippen LogP contribution in [0.4, 0.5) is 0 Å². The highest BCUT2D eigenvalue weighted by atomic mass is 16.5. The molecule has 0 fully saturated rings. The second-order valence-electron chi connectivity index (χ2n) is 4.33.